The van der Waals surface area contributed by atoms with Gasteiger partial charge in [0.05, 0.1) is 18.6 Å². The SMILES string of the molecule is O=CC1C(n2cnc(C(F)(F)F)c2)=CNN1c1ccc(CO)cn1. The summed E-state index contributed by atoms with van der Waals surface area (Å²) in [5, 5.41) is 10.4. The maximum Gasteiger partial charge on any atom is 0.434 e. The average molecular weight is 339 g/mol. The molecule has 2 N–H and O–H groups in total. The first-order valence-corrected chi connectivity index (χ1v) is 6.82. The van der Waals surface area contributed by atoms with E-state index in [4.69, 9.17) is 5.11 Å². The molecule has 2 aromatic heterocycles. The Morgan fingerprint density at radius 2 is 2.12 bits per heavy atom. The van der Waals surface area contributed by atoms with Gasteiger partial charge in [0.2, 0.25) is 0 Å². The summed E-state index contributed by atoms with van der Waals surface area (Å²) in [6, 6.07) is 2.33. The Bertz CT molecular complexity index is 769. The van der Waals surface area contributed by atoms with Crippen LogP contribution in [0.15, 0.2) is 37.1 Å². The van der Waals surface area contributed by atoms with Crippen LogP contribution < -0.4 is 10.4 Å². The first-order chi connectivity index (χ1) is 11.4. The van der Waals surface area contributed by atoms with E-state index in [0.29, 0.717) is 17.7 Å². The molecular weight excluding hydrogens is 327 g/mol. The van der Waals surface area contributed by atoms with Crippen LogP contribution in [0, 0.1) is 0 Å². The van der Waals surface area contributed by atoms with Crippen molar-refractivity contribution in [2.45, 2.75) is 18.8 Å². The summed E-state index contributed by atoms with van der Waals surface area (Å²) >= 11 is 0. The minimum absolute atomic E-state index is 0.170. The van der Waals surface area contributed by atoms with Gasteiger partial charge in [0.25, 0.3) is 0 Å². The van der Waals surface area contributed by atoms with Gasteiger partial charge in [-0.2, -0.15) is 13.2 Å². The van der Waals surface area contributed by atoms with Gasteiger partial charge in [0.1, 0.15) is 11.9 Å². The lowest BCUT2D eigenvalue weighted by molar-refractivity contribution is -0.140. The number of hydrazine groups is 1. The Labute approximate surface area is 134 Å². The third-order valence-corrected chi connectivity index (χ3v) is 3.47. The van der Waals surface area contributed by atoms with E-state index >= 15 is 0 Å². The first-order valence-electron chi connectivity index (χ1n) is 6.82. The largest absolute Gasteiger partial charge is 0.434 e. The Kier molecular flexibility index (Phi) is 3.97. The van der Waals surface area contributed by atoms with Crippen LogP contribution in [0.25, 0.3) is 5.70 Å². The summed E-state index contributed by atoms with van der Waals surface area (Å²) in [6.45, 7) is -0.170. The van der Waals surface area contributed by atoms with Gasteiger partial charge in [-0.1, -0.05) is 6.07 Å². The van der Waals surface area contributed by atoms with Crippen molar-refractivity contribution in [3.05, 3.63) is 48.3 Å². The molecule has 0 saturated carbocycles. The number of aromatic nitrogens is 3. The minimum atomic E-state index is -4.56. The predicted molar refractivity (Wildman–Crippen MR) is 77.1 cm³/mol. The molecule has 24 heavy (non-hydrogen) atoms. The zero-order valence-corrected chi connectivity index (χ0v) is 12.1. The zero-order chi connectivity index (χ0) is 17.3. The molecule has 0 spiro atoms. The third-order valence-electron chi connectivity index (χ3n) is 3.47. The Hall–Kier alpha value is -2.88. The Balaban J connectivity index is 1.86. The molecule has 0 radical (unpaired) electrons. The standard InChI is InChI=1S/C14H12F3N5O2/c15-14(16,17)12-5-21(8-19-12)10-4-20-22(11(10)7-24)13-2-1-9(6-23)3-18-13/h1-5,7-8,11,20,23H,6H2. The molecule has 7 nitrogen and oxygen atoms in total. The molecule has 1 aliphatic heterocycles. The second-order valence-electron chi connectivity index (χ2n) is 5.00. The van der Waals surface area contributed by atoms with Crippen molar-refractivity contribution >= 4 is 17.8 Å². The van der Waals surface area contributed by atoms with Crippen molar-refractivity contribution in [1.82, 2.24) is 20.0 Å². The molecule has 1 unspecified atom stereocenters. The highest BCUT2D eigenvalue weighted by Crippen LogP contribution is 2.30. The van der Waals surface area contributed by atoms with E-state index in [2.05, 4.69) is 15.4 Å². The van der Waals surface area contributed by atoms with Crippen LogP contribution in [-0.2, 0) is 17.6 Å². The highest BCUT2D eigenvalue weighted by Gasteiger charge is 2.35. The maximum absolute atomic E-state index is 12.7. The van der Waals surface area contributed by atoms with Gasteiger partial charge < -0.3 is 19.9 Å². The molecule has 2 aromatic rings. The second-order valence-corrected chi connectivity index (χ2v) is 5.00. The summed E-state index contributed by atoms with van der Waals surface area (Å²) in [5.41, 5.74) is 2.62. The van der Waals surface area contributed by atoms with Gasteiger partial charge in [-0.3, -0.25) is 5.01 Å². The number of anilines is 1. The van der Waals surface area contributed by atoms with Crippen molar-refractivity contribution < 1.29 is 23.1 Å². The quantitative estimate of drug-likeness (QED) is 0.814. The molecule has 126 valence electrons. The van der Waals surface area contributed by atoms with Gasteiger partial charge in [-0.05, 0) is 11.6 Å². The molecule has 10 heteroatoms. The lowest BCUT2D eigenvalue weighted by atomic mass is 10.2. The number of imidazole rings is 1. The number of aldehydes is 1. The molecule has 3 rings (SSSR count). The van der Waals surface area contributed by atoms with Gasteiger partial charge in [-0.15, -0.1) is 0 Å². The van der Waals surface area contributed by atoms with Crippen LogP contribution in [0.3, 0.4) is 0 Å². The molecule has 0 bridgehead atoms. The number of rotatable bonds is 4. The van der Waals surface area contributed by atoms with Crippen LogP contribution in [-0.4, -0.2) is 32.0 Å². The molecule has 0 amide bonds. The van der Waals surface area contributed by atoms with E-state index in [9.17, 15) is 18.0 Å². The number of carbonyl (C=O) groups is 1. The van der Waals surface area contributed by atoms with Crippen LogP contribution in [0.4, 0.5) is 19.0 Å². The van der Waals surface area contributed by atoms with E-state index in [0.717, 1.165) is 17.1 Å². The number of hydrogen-bond acceptors (Lipinski definition) is 6. The fourth-order valence-electron chi connectivity index (χ4n) is 2.26. The predicted octanol–water partition coefficient (Wildman–Crippen LogP) is 1.18. The molecule has 1 aliphatic rings. The fourth-order valence-corrected chi connectivity index (χ4v) is 2.26. The van der Waals surface area contributed by atoms with E-state index in [1.54, 1.807) is 12.1 Å². The molecule has 0 fully saturated rings. The second kappa shape index (κ2) is 5.96. The molecule has 1 atom stereocenters. The smallest absolute Gasteiger partial charge is 0.392 e. The number of aliphatic hydroxyl groups is 1. The van der Waals surface area contributed by atoms with Crippen molar-refractivity contribution in [2.75, 3.05) is 5.01 Å². The number of carbonyl (C=O) groups excluding carboxylic acids is 1. The topological polar surface area (TPSA) is 83.3 Å². The molecule has 0 aliphatic carbocycles. The summed E-state index contributed by atoms with van der Waals surface area (Å²) in [6.07, 6.45) is 0.684. The minimum Gasteiger partial charge on any atom is -0.392 e. The van der Waals surface area contributed by atoms with E-state index in [1.807, 2.05) is 0 Å². The van der Waals surface area contributed by atoms with Crippen molar-refractivity contribution in [2.24, 2.45) is 0 Å². The number of halogens is 3. The maximum atomic E-state index is 12.7. The number of nitrogens with one attached hydrogen (secondary N) is 1. The van der Waals surface area contributed by atoms with E-state index in [-0.39, 0.29) is 12.3 Å². The summed E-state index contributed by atoms with van der Waals surface area (Å²) in [7, 11) is 0. The Morgan fingerprint density at radius 3 is 2.67 bits per heavy atom. The highest BCUT2D eigenvalue weighted by molar-refractivity contribution is 5.83. The summed E-state index contributed by atoms with van der Waals surface area (Å²) in [5.74, 6) is 0.381. The monoisotopic (exact) mass is 339 g/mol. The van der Waals surface area contributed by atoms with Crippen molar-refractivity contribution in [3.8, 4) is 0 Å². The van der Waals surface area contributed by atoms with Crippen LogP contribution in [0.1, 0.15) is 11.3 Å². The van der Waals surface area contributed by atoms with Crippen LogP contribution in [0.5, 0.6) is 0 Å². The van der Waals surface area contributed by atoms with Crippen molar-refractivity contribution in [3.63, 3.8) is 0 Å². The lowest BCUT2D eigenvalue weighted by Gasteiger charge is -2.23. The van der Waals surface area contributed by atoms with Crippen molar-refractivity contribution in [1.29, 1.82) is 0 Å². The van der Waals surface area contributed by atoms with Crippen LogP contribution in [0.2, 0.25) is 0 Å². The third kappa shape index (κ3) is 2.83. The summed E-state index contributed by atoms with van der Waals surface area (Å²) in [4.78, 5) is 18.9. The molecule has 3 heterocycles. The average Bonchev–Trinajstić information content (AvgIpc) is 3.20. The fraction of sp³-hybridized carbons (Fsp3) is 0.214. The number of pyridine rings is 1. The van der Waals surface area contributed by atoms with Gasteiger partial charge >= 0.3 is 6.18 Å². The lowest BCUT2D eigenvalue weighted by Crippen LogP contribution is -2.40. The van der Waals surface area contributed by atoms with Gasteiger partial charge in [0, 0.05) is 18.6 Å². The first kappa shape index (κ1) is 16.0. The molecule has 0 aromatic carbocycles. The van der Waals surface area contributed by atoms with Crippen LogP contribution >= 0.6 is 0 Å². The zero-order valence-electron chi connectivity index (χ0n) is 12.1. The normalized spacial score (nSPS) is 17.6. The Morgan fingerprint density at radius 1 is 1.33 bits per heavy atom. The summed E-state index contributed by atoms with van der Waals surface area (Å²) < 4.78 is 39.1. The molecule has 0 saturated heterocycles. The number of alkyl halides is 3. The van der Waals surface area contributed by atoms with E-state index < -0.39 is 17.9 Å². The highest BCUT2D eigenvalue weighted by atomic mass is 19.4. The number of nitrogens with zero attached hydrogens (tertiary/aromatic N) is 4. The molecular formula is C14H12F3N5O2. The van der Waals surface area contributed by atoms with E-state index in [1.165, 1.54) is 17.4 Å². The van der Waals surface area contributed by atoms with Gasteiger partial charge in [-0.25, -0.2) is 9.97 Å². The number of hydrogen-bond donors (Lipinski definition) is 2. The number of aliphatic hydroxyl groups excluding tert-OH is 1. The van der Waals surface area contributed by atoms with Gasteiger partial charge in [0.15, 0.2) is 12.0 Å².